The van der Waals surface area contributed by atoms with E-state index >= 15 is 0 Å². The number of rotatable bonds is 5. The summed E-state index contributed by atoms with van der Waals surface area (Å²) in [6.45, 7) is 4.35. The van der Waals surface area contributed by atoms with Crippen LogP contribution in [0.2, 0.25) is 0 Å². The topological polar surface area (TPSA) is 72.5 Å². The lowest BCUT2D eigenvalue weighted by atomic mass is 10.1. The number of hydrogen-bond acceptors (Lipinski definition) is 4. The first kappa shape index (κ1) is 14.9. The van der Waals surface area contributed by atoms with Gasteiger partial charge < -0.3 is 10.1 Å². The molecule has 5 nitrogen and oxygen atoms in total. The Hall–Kier alpha value is -2.17. The van der Waals surface area contributed by atoms with Crippen molar-refractivity contribution in [2.45, 2.75) is 26.8 Å². The number of amides is 1. The molecule has 1 aromatic carbocycles. The van der Waals surface area contributed by atoms with Crippen LogP contribution in [0.15, 0.2) is 24.3 Å². The maximum Gasteiger partial charge on any atom is 0.302 e. The van der Waals surface area contributed by atoms with Crippen LogP contribution in [-0.2, 0) is 14.3 Å². The fraction of sp³-hybridized carbons (Fsp3) is 0.357. The number of ketones is 1. The van der Waals surface area contributed by atoms with Crippen molar-refractivity contribution in [2.75, 3.05) is 6.61 Å². The van der Waals surface area contributed by atoms with Gasteiger partial charge in [-0.3, -0.25) is 14.4 Å². The summed E-state index contributed by atoms with van der Waals surface area (Å²) in [7, 11) is 0. The first-order valence-electron chi connectivity index (χ1n) is 5.91. The monoisotopic (exact) mass is 263 g/mol. The Kier molecular flexibility index (Phi) is 5.23. The average Bonchev–Trinajstić information content (AvgIpc) is 2.34. The number of ether oxygens (including phenoxy) is 1. The number of carbonyl (C=O) groups excluding carboxylic acids is 3. The zero-order valence-corrected chi connectivity index (χ0v) is 11.2. The lowest BCUT2D eigenvalue weighted by molar-refractivity contribution is -0.142. The standard InChI is InChI=1S/C14H17NO4/c1-9-4-6-12(7-5-9)14(18)15-13(10(2)16)8-19-11(3)17/h4-7,13H,8H2,1-3H3,(H,15,18). The summed E-state index contributed by atoms with van der Waals surface area (Å²) in [5, 5.41) is 2.54. The Balaban J connectivity index is 2.68. The van der Waals surface area contributed by atoms with Crippen LogP contribution in [0.3, 0.4) is 0 Å². The molecule has 19 heavy (non-hydrogen) atoms. The van der Waals surface area contributed by atoms with Gasteiger partial charge in [0.05, 0.1) is 0 Å². The van der Waals surface area contributed by atoms with Gasteiger partial charge >= 0.3 is 5.97 Å². The molecule has 0 aromatic heterocycles. The highest BCUT2D eigenvalue weighted by Gasteiger charge is 2.19. The number of aryl methyl sites for hydroxylation is 1. The van der Waals surface area contributed by atoms with E-state index < -0.39 is 12.0 Å². The smallest absolute Gasteiger partial charge is 0.302 e. The molecule has 1 N–H and O–H groups in total. The first-order valence-corrected chi connectivity index (χ1v) is 5.91. The second-order valence-electron chi connectivity index (χ2n) is 4.31. The van der Waals surface area contributed by atoms with Crippen LogP contribution in [0.1, 0.15) is 29.8 Å². The average molecular weight is 263 g/mol. The van der Waals surface area contributed by atoms with Crippen molar-refractivity contribution in [1.82, 2.24) is 5.32 Å². The summed E-state index contributed by atoms with van der Waals surface area (Å²) >= 11 is 0. The predicted molar refractivity (Wildman–Crippen MR) is 69.7 cm³/mol. The molecule has 1 atom stereocenters. The van der Waals surface area contributed by atoms with Crippen molar-refractivity contribution >= 4 is 17.7 Å². The number of benzene rings is 1. The van der Waals surface area contributed by atoms with E-state index in [0.29, 0.717) is 5.56 Å². The van der Waals surface area contributed by atoms with E-state index in [1.54, 1.807) is 12.1 Å². The Morgan fingerprint density at radius 2 is 1.74 bits per heavy atom. The highest BCUT2D eigenvalue weighted by Crippen LogP contribution is 2.03. The highest BCUT2D eigenvalue weighted by molar-refractivity contribution is 5.97. The number of esters is 1. The van der Waals surface area contributed by atoms with Gasteiger partial charge in [-0.15, -0.1) is 0 Å². The Morgan fingerprint density at radius 3 is 2.21 bits per heavy atom. The molecule has 1 rings (SSSR count). The summed E-state index contributed by atoms with van der Waals surface area (Å²) < 4.78 is 4.75. The maximum atomic E-state index is 11.9. The second kappa shape index (κ2) is 6.68. The molecule has 0 saturated heterocycles. The molecule has 0 heterocycles. The number of Topliss-reactive ketones (excluding diaryl/α,β-unsaturated/α-hetero) is 1. The molecule has 5 heteroatoms. The molecular weight excluding hydrogens is 246 g/mol. The van der Waals surface area contributed by atoms with E-state index in [4.69, 9.17) is 4.74 Å². The van der Waals surface area contributed by atoms with Crippen LogP contribution in [0, 0.1) is 6.92 Å². The van der Waals surface area contributed by atoms with E-state index in [1.807, 2.05) is 19.1 Å². The van der Waals surface area contributed by atoms with Gasteiger partial charge in [0, 0.05) is 12.5 Å². The Labute approximate surface area is 111 Å². The van der Waals surface area contributed by atoms with E-state index in [9.17, 15) is 14.4 Å². The van der Waals surface area contributed by atoms with Crippen LogP contribution in [0.25, 0.3) is 0 Å². The van der Waals surface area contributed by atoms with Gasteiger partial charge in [-0.25, -0.2) is 0 Å². The molecule has 1 amide bonds. The van der Waals surface area contributed by atoms with E-state index in [1.165, 1.54) is 13.8 Å². The van der Waals surface area contributed by atoms with Crippen LogP contribution in [0.5, 0.6) is 0 Å². The third-order valence-corrected chi connectivity index (χ3v) is 2.56. The molecule has 0 aliphatic carbocycles. The molecule has 0 radical (unpaired) electrons. The van der Waals surface area contributed by atoms with Crippen molar-refractivity contribution in [3.63, 3.8) is 0 Å². The van der Waals surface area contributed by atoms with Crippen LogP contribution >= 0.6 is 0 Å². The zero-order chi connectivity index (χ0) is 14.4. The molecule has 1 aromatic rings. The molecule has 0 spiro atoms. The number of carbonyl (C=O) groups is 3. The lowest BCUT2D eigenvalue weighted by Gasteiger charge is -2.15. The van der Waals surface area contributed by atoms with Gasteiger partial charge in [-0.1, -0.05) is 17.7 Å². The largest absolute Gasteiger partial charge is 0.463 e. The molecule has 0 bridgehead atoms. The lowest BCUT2D eigenvalue weighted by Crippen LogP contribution is -2.43. The predicted octanol–water partition coefficient (Wildman–Crippen LogP) is 1.25. The number of nitrogens with one attached hydrogen (secondary N) is 1. The summed E-state index contributed by atoms with van der Waals surface area (Å²) in [5.74, 6) is -1.12. The number of hydrogen-bond donors (Lipinski definition) is 1. The quantitative estimate of drug-likeness (QED) is 0.811. The van der Waals surface area contributed by atoms with Crippen molar-refractivity contribution in [2.24, 2.45) is 0 Å². The molecule has 0 saturated carbocycles. The van der Waals surface area contributed by atoms with Gasteiger partial charge in [0.25, 0.3) is 5.91 Å². The fourth-order valence-corrected chi connectivity index (χ4v) is 1.41. The van der Waals surface area contributed by atoms with Crippen molar-refractivity contribution < 1.29 is 19.1 Å². The maximum absolute atomic E-state index is 11.9. The summed E-state index contributed by atoms with van der Waals surface area (Å²) in [5.41, 5.74) is 1.50. The van der Waals surface area contributed by atoms with Gasteiger partial charge in [0.2, 0.25) is 0 Å². The summed E-state index contributed by atoms with van der Waals surface area (Å²) in [4.78, 5) is 34.0. The van der Waals surface area contributed by atoms with Crippen LogP contribution in [0.4, 0.5) is 0 Å². The highest BCUT2D eigenvalue weighted by atomic mass is 16.5. The van der Waals surface area contributed by atoms with Crippen LogP contribution in [-0.4, -0.2) is 30.3 Å². The van der Waals surface area contributed by atoms with Crippen LogP contribution < -0.4 is 5.32 Å². The Morgan fingerprint density at radius 1 is 1.16 bits per heavy atom. The third-order valence-electron chi connectivity index (χ3n) is 2.56. The van der Waals surface area contributed by atoms with Crippen molar-refractivity contribution in [1.29, 1.82) is 0 Å². The normalized spacial score (nSPS) is 11.5. The molecule has 0 fully saturated rings. The molecule has 0 aliphatic rings. The minimum absolute atomic E-state index is 0.151. The second-order valence-corrected chi connectivity index (χ2v) is 4.31. The minimum Gasteiger partial charge on any atom is -0.463 e. The minimum atomic E-state index is -0.822. The van der Waals surface area contributed by atoms with E-state index in [0.717, 1.165) is 5.56 Å². The third kappa shape index (κ3) is 4.91. The van der Waals surface area contributed by atoms with E-state index in [2.05, 4.69) is 5.32 Å². The molecular formula is C14H17NO4. The Bertz CT molecular complexity index is 479. The van der Waals surface area contributed by atoms with Gasteiger partial charge in [0.1, 0.15) is 12.6 Å². The van der Waals surface area contributed by atoms with Gasteiger partial charge in [-0.05, 0) is 26.0 Å². The fourth-order valence-electron chi connectivity index (χ4n) is 1.41. The van der Waals surface area contributed by atoms with Gasteiger partial charge in [-0.2, -0.15) is 0 Å². The summed E-state index contributed by atoms with van der Waals surface area (Å²) in [6, 6.07) is 6.15. The molecule has 1 unspecified atom stereocenters. The van der Waals surface area contributed by atoms with Gasteiger partial charge in [0.15, 0.2) is 5.78 Å². The molecule has 102 valence electrons. The summed E-state index contributed by atoms with van der Waals surface area (Å²) in [6.07, 6.45) is 0. The van der Waals surface area contributed by atoms with Crippen molar-refractivity contribution in [3.05, 3.63) is 35.4 Å². The van der Waals surface area contributed by atoms with E-state index in [-0.39, 0.29) is 18.3 Å². The molecule has 0 aliphatic heterocycles. The first-order chi connectivity index (χ1) is 8.90. The zero-order valence-electron chi connectivity index (χ0n) is 11.2. The van der Waals surface area contributed by atoms with Crippen molar-refractivity contribution in [3.8, 4) is 0 Å². The SMILES string of the molecule is CC(=O)OCC(NC(=O)c1ccc(C)cc1)C(C)=O.